The second-order valence-electron chi connectivity index (χ2n) is 6.43. The summed E-state index contributed by atoms with van der Waals surface area (Å²) < 4.78 is 26.7. The van der Waals surface area contributed by atoms with Gasteiger partial charge in [0.05, 0.1) is 5.52 Å². The number of carbonyl (C=O) groups is 1. The molecule has 1 saturated heterocycles. The summed E-state index contributed by atoms with van der Waals surface area (Å²) in [5.41, 5.74) is 1.26. The first-order chi connectivity index (χ1) is 13.4. The number of piperazine rings is 1. The molecule has 0 bridgehead atoms. The molecule has 0 spiro atoms. The summed E-state index contributed by atoms with van der Waals surface area (Å²) in [4.78, 5) is 22.8. The van der Waals surface area contributed by atoms with Gasteiger partial charge in [0.2, 0.25) is 10.0 Å². The lowest BCUT2D eigenvalue weighted by molar-refractivity contribution is 0.0698. The highest BCUT2D eigenvalue weighted by atomic mass is 35.5. The molecule has 4 rings (SSSR count). The first-order valence-corrected chi connectivity index (χ1v) is 10.5. The van der Waals surface area contributed by atoms with Crippen LogP contribution in [0.3, 0.4) is 0 Å². The number of aromatic nitrogens is 2. The number of benzene rings is 1. The van der Waals surface area contributed by atoms with Crippen LogP contribution >= 0.6 is 11.6 Å². The predicted octanol–water partition coefficient (Wildman–Crippen LogP) is 2.43. The molecule has 0 saturated carbocycles. The maximum Gasteiger partial charge on any atom is 0.253 e. The molecule has 1 aromatic carbocycles. The molecule has 0 aliphatic carbocycles. The third-order valence-electron chi connectivity index (χ3n) is 4.70. The van der Waals surface area contributed by atoms with E-state index in [-0.39, 0.29) is 23.9 Å². The Bertz CT molecular complexity index is 1130. The van der Waals surface area contributed by atoms with E-state index in [0.29, 0.717) is 23.8 Å². The van der Waals surface area contributed by atoms with Crippen molar-refractivity contribution in [3.63, 3.8) is 0 Å². The minimum absolute atomic E-state index is 0.129. The summed E-state index contributed by atoms with van der Waals surface area (Å²) >= 11 is 5.89. The van der Waals surface area contributed by atoms with Crippen molar-refractivity contribution in [2.75, 3.05) is 26.2 Å². The van der Waals surface area contributed by atoms with Crippen molar-refractivity contribution in [2.24, 2.45) is 0 Å². The Hall–Kier alpha value is -2.55. The summed E-state index contributed by atoms with van der Waals surface area (Å²) in [7, 11) is -3.60. The van der Waals surface area contributed by atoms with E-state index < -0.39 is 10.0 Å². The summed E-state index contributed by atoms with van der Waals surface area (Å²) in [6, 6.07) is 11.9. The minimum atomic E-state index is -3.60. The van der Waals surface area contributed by atoms with Gasteiger partial charge in [-0.3, -0.25) is 9.78 Å². The Morgan fingerprint density at radius 2 is 1.82 bits per heavy atom. The maximum atomic E-state index is 12.8. The van der Waals surface area contributed by atoms with Crippen LogP contribution in [0.15, 0.2) is 59.8 Å². The van der Waals surface area contributed by atoms with E-state index in [1.807, 2.05) is 6.07 Å². The van der Waals surface area contributed by atoms with Crippen LogP contribution < -0.4 is 0 Å². The number of pyridine rings is 2. The largest absolute Gasteiger partial charge is 0.336 e. The molecule has 0 radical (unpaired) electrons. The molecule has 144 valence electrons. The van der Waals surface area contributed by atoms with Crippen LogP contribution in [-0.2, 0) is 10.0 Å². The molecule has 3 heterocycles. The van der Waals surface area contributed by atoms with E-state index in [0.717, 1.165) is 10.9 Å². The smallest absolute Gasteiger partial charge is 0.253 e. The Balaban J connectivity index is 1.48. The summed E-state index contributed by atoms with van der Waals surface area (Å²) in [6.07, 6.45) is 2.87. The highest BCUT2D eigenvalue weighted by Crippen LogP contribution is 2.20. The monoisotopic (exact) mass is 416 g/mol. The quantitative estimate of drug-likeness (QED) is 0.612. The van der Waals surface area contributed by atoms with Gasteiger partial charge in [-0.1, -0.05) is 11.6 Å². The molecule has 0 atom stereocenters. The number of hydrogen-bond donors (Lipinski definition) is 0. The fourth-order valence-corrected chi connectivity index (χ4v) is 4.74. The summed E-state index contributed by atoms with van der Waals surface area (Å²) in [5.74, 6) is -0.129. The molecule has 0 N–H and O–H groups in total. The van der Waals surface area contributed by atoms with Gasteiger partial charge in [-0.15, -0.1) is 0 Å². The third kappa shape index (κ3) is 3.58. The molecule has 1 fully saturated rings. The fourth-order valence-electron chi connectivity index (χ4n) is 3.20. The molecule has 1 amide bonds. The number of amides is 1. The second-order valence-corrected chi connectivity index (χ2v) is 8.75. The van der Waals surface area contributed by atoms with Gasteiger partial charge in [0.25, 0.3) is 5.91 Å². The van der Waals surface area contributed by atoms with Crippen LogP contribution in [0.5, 0.6) is 0 Å². The van der Waals surface area contributed by atoms with E-state index in [9.17, 15) is 13.2 Å². The molecular formula is C19H17ClN4O3S. The van der Waals surface area contributed by atoms with Crippen molar-refractivity contribution in [3.8, 4) is 0 Å². The number of halogens is 1. The van der Waals surface area contributed by atoms with Crippen molar-refractivity contribution in [2.45, 2.75) is 4.90 Å². The van der Waals surface area contributed by atoms with Gasteiger partial charge in [-0.2, -0.15) is 4.31 Å². The Kier molecular flexibility index (Phi) is 5.01. The topological polar surface area (TPSA) is 83.5 Å². The minimum Gasteiger partial charge on any atom is -0.336 e. The first-order valence-electron chi connectivity index (χ1n) is 8.71. The average molecular weight is 417 g/mol. The lowest BCUT2D eigenvalue weighted by Gasteiger charge is -2.34. The van der Waals surface area contributed by atoms with Gasteiger partial charge in [-0.05, 0) is 42.5 Å². The van der Waals surface area contributed by atoms with Crippen LogP contribution in [0.1, 0.15) is 10.4 Å². The van der Waals surface area contributed by atoms with Crippen LogP contribution in [0.2, 0.25) is 5.15 Å². The maximum absolute atomic E-state index is 12.8. The standard InChI is InChI=1S/C19H17ClN4O3S/c20-18-6-4-14-12-15(3-5-17(14)22-18)19(25)23-8-10-24(11-9-23)28(26,27)16-2-1-7-21-13-16/h1-7,12-13H,8-11H2. The second kappa shape index (κ2) is 7.46. The molecule has 1 aliphatic rings. The highest BCUT2D eigenvalue weighted by Gasteiger charge is 2.30. The van der Waals surface area contributed by atoms with Gasteiger partial charge in [0, 0.05) is 49.5 Å². The highest BCUT2D eigenvalue weighted by molar-refractivity contribution is 7.89. The first kappa shape index (κ1) is 18.8. The number of hydrogen-bond acceptors (Lipinski definition) is 5. The molecule has 1 aliphatic heterocycles. The van der Waals surface area contributed by atoms with Crippen molar-refractivity contribution in [1.29, 1.82) is 0 Å². The zero-order valence-corrected chi connectivity index (χ0v) is 16.4. The van der Waals surface area contributed by atoms with E-state index in [1.165, 1.54) is 22.8 Å². The molecule has 3 aromatic rings. The van der Waals surface area contributed by atoms with Crippen LogP contribution in [0.4, 0.5) is 0 Å². The molecular weight excluding hydrogens is 400 g/mol. The van der Waals surface area contributed by atoms with Crippen LogP contribution in [-0.4, -0.2) is 59.7 Å². The SMILES string of the molecule is O=C(c1ccc2nc(Cl)ccc2c1)N1CCN(S(=O)(=O)c2cccnc2)CC1. The van der Waals surface area contributed by atoms with E-state index in [2.05, 4.69) is 9.97 Å². The van der Waals surface area contributed by atoms with Crippen molar-refractivity contribution in [1.82, 2.24) is 19.2 Å². The zero-order valence-electron chi connectivity index (χ0n) is 14.8. The van der Waals surface area contributed by atoms with Gasteiger partial charge in [0.1, 0.15) is 10.0 Å². The van der Waals surface area contributed by atoms with Gasteiger partial charge in [-0.25, -0.2) is 13.4 Å². The average Bonchev–Trinajstić information content (AvgIpc) is 2.73. The van der Waals surface area contributed by atoms with Crippen molar-refractivity contribution >= 4 is 38.4 Å². The molecule has 0 unspecified atom stereocenters. The molecule has 9 heteroatoms. The predicted molar refractivity (Wildman–Crippen MR) is 106 cm³/mol. The normalized spacial score (nSPS) is 15.7. The number of rotatable bonds is 3. The molecule has 28 heavy (non-hydrogen) atoms. The Morgan fingerprint density at radius 3 is 2.54 bits per heavy atom. The lowest BCUT2D eigenvalue weighted by Crippen LogP contribution is -2.50. The molecule has 7 nitrogen and oxygen atoms in total. The van der Waals surface area contributed by atoms with Crippen molar-refractivity contribution in [3.05, 3.63) is 65.6 Å². The summed E-state index contributed by atoms with van der Waals surface area (Å²) in [6.45, 7) is 1.14. The Labute approximate surface area is 167 Å². The number of nitrogens with zero attached hydrogens (tertiary/aromatic N) is 4. The fraction of sp³-hybridized carbons (Fsp3) is 0.211. The number of carbonyl (C=O) groups excluding carboxylic acids is 1. The lowest BCUT2D eigenvalue weighted by atomic mass is 10.1. The molecule has 2 aromatic heterocycles. The van der Waals surface area contributed by atoms with E-state index in [1.54, 1.807) is 35.2 Å². The number of fused-ring (bicyclic) bond motifs is 1. The van der Waals surface area contributed by atoms with E-state index >= 15 is 0 Å². The van der Waals surface area contributed by atoms with Crippen LogP contribution in [0.25, 0.3) is 10.9 Å². The van der Waals surface area contributed by atoms with Gasteiger partial charge >= 0.3 is 0 Å². The van der Waals surface area contributed by atoms with Crippen molar-refractivity contribution < 1.29 is 13.2 Å². The van der Waals surface area contributed by atoms with Gasteiger partial charge < -0.3 is 4.90 Å². The Morgan fingerprint density at radius 1 is 1.04 bits per heavy atom. The zero-order chi connectivity index (χ0) is 19.7. The van der Waals surface area contributed by atoms with Gasteiger partial charge in [0.15, 0.2) is 0 Å². The van der Waals surface area contributed by atoms with E-state index in [4.69, 9.17) is 11.6 Å². The van der Waals surface area contributed by atoms with Crippen LogP contribution in [0, 0.1) is 0 Å². The third-order valence-corrected chi connectivity index (χ3v) is 6.79. The number of sulfonamides is 1. The summed E-state index contributed by atoms with van der Waals surface area (Å²) in [5, 5.41) is 1.23.